The molecule has 0 fully saturated rings. The molecule has 0 aliphatic rings. The van der Waals surface area contributed by atoms with Gasteiger partial charge in [-0.05, 0) is 21.9 Å². The SMILES string of the molecule is COC(=O)[C@@H](Cc1cccc2ccccc12)NC(=O)Cc1ccccc1. The van der Waals surface area contributed by atoms with Gasteiger partial charge in [-0.15, -0.1) is 0 Å². The fourth-order valence-corrected chi connectivity index (χ4v) is 3.05. The van der Waals surface area contributed by atoms with Gasteiger partial charge in [0, 0.05) is 6.42 Å². The third-order valence-electron chi connectivity index (χ3n) is 4.33. The number of carbonyl (C=O) groups excluding carboxylic acids is 2. The lowest BCUT2D eigenvalue weighted by molar-refractivity contribution is -0.145. The smallest absolute Gasteiger partial charge is 0.328 e. The van der Waals surface area contributed by atoms with Crippen LogP contribution < -0.4 is 5.32 Å². The fraction of sp³-hybridized carbons (Fsp3) is 0.182. The van der Waals surface area contributed by atoms with E-state index in [0.29, 0.717) is 6.42 Å². The van der Waals surface area contributed by atoms with Crippen LogP contribution in [0.4, 0.5) is 0 Å². The minimum absolute atomic E-state index is 0.202. The Kier molecular flexibility index (Phi) is 5.64. The number of esters is 1. The van der Waals surface area contributed by atoms with Crippen molar-refractivity contribution in [3.05, 3.63) is 83.9 Å². The number of benzene rings is 3. The van der Waals surface area contributed by atoms with Gasteiger partial charge < -0.3 is 10.1 Å². The van der Waals surface area contributed by atoms with E-state index in [1.54, 1.807) is 0 Å². The van der Waals surface area contributed by atoms with E-state index in [0.717, 1.165) is 21.9 Å². The Morgan fingerprint density at radius 2 is 1.62 bits per heavy atom. The van der Waals surface area contributed by atoms with Crippen molar-refractivity contribution in [2.75, 3.05) is 7.11 Å². The van der Waals surface area contributed by atoms with Crippen LogP contribution in [-0.4, -0.2) is 25.0 Å². The maximum Gasteiger partial charge on any atom is 0.328 e. The number of carbonyl (C=O) groups is 2. The van der Waals surface area contributed by atoms with Crippen LogP contribution >= 0.6 is 0 Å². The van der Waals surface area contributed by atoms with Crippen molar-refractivity contribution in [1.82, 2.24) is 5.32 Å². The van der Waals surface area contributed by atoms with Crippen LogP contribution in [0.15, 0.2) is 72.8 Å². The van der Waals surface area contributed by atoms with E-state index in [1.165, 1.54) is 7.11 Å². The third kappa shape index (κ3) is 4.28. The minimum Gasteiger partial charge on any atom is -0.467 e. The second-order valence-electron chi connectivity index (χ2n) is 6.15. The molecule has 1 N–H and O–H groups in total. The van der Waals surface area contributed by atoms with E-state index in [2.05, 4.69) is 5.32 Å². The van der Waals surface area contributed by atoms with Gasteiger partial charge in [-0.2, -0.15) is 0 Å². The molecule has 0 saturated carbocycles. The van der Waals surface area contributed by atoms with Crippen molar-refractivity contribution in [2.24, 2.45) is 0 Å². The van der Waals surface area contributed by atoms with E-state index < -0.39 is 12.0 Å². The Morgan fingerprint density at radius 1 is 0.923 bits per heavy atom. The van der Waals surface area contributed by atoms with E-state index in [-0.39, 0.29) is 12.3 Å². The number of hydrogen-bond acceptors (Lipinski definition) is 3. The van der Waals surface area contributed by atoms with Gasteiger partial charge in [-0.3, -0.25) is 4.79 Å². The first-order chi connectivity index (χ1) is 12.7. The first-order valence-electron chi connectivity index (χ1n) is 8.55. The Morgan fingerprint density at radius 3 is 2.38 bits per heavy atom. The van der Waals surface area contributed by atoms with Gasteiger partial charge in [0.2, 0.25) is 5.91 Å². The zero-order valence-electron chi connectivity index (χ0n) is 14.6. The van der Waals surface area contributed by atoms with E-state index in [4.69, 9.17) is 4.74 Å². The lowest BCUT2D eigenvalue weighted by Gasteiger charge is -2.18. The highest BCUT2D eigenvalue weighted by Gasteiger charge is 2.22. The summed E-state index contributed by atoms with van der Waals surface area (Å²) in [4.78, 5) is 24.6. The maximum atomic E-state index is 12.4. The average Bonchev–Trinajstić information content (AvgIpc) is 2.68. The lowest BCUT2D eigenvalue weighted by Crippen LogP contribution is -2.43. The summed E-state index contributed by atoms with van der Waals surface area (Å²) < 4.78 is 4.89. The molecular formula is C22H21NO3. The number of methoxy groups -OCH3 is 1. The topological polar surface area (TPSA) is 55.4 Å². The quantitative estimate of drug-likeness (QED) is 0.696. The third-order valence-corrected chi connectivity index (χ3v) is 4.33. The molecule has 4 nitrogen and oxygen atoms in total. The number of fused-ring (bicyclic) bond motifs is 1. The van der Waals surface area contributed by atoms with Crippen LogP contribution in [0.3, 0.4) is 0 Å². The first kappa shape index (κ1) is 17.7. The molecule has 0 aliphatic heterocycles. The molecule has 1 atom stereocenters. The number of hydrogen-bond donors (Lipinski definition) is 1. The molecule has 4 heteroatoms. The molecule has 0 aliphatic carbocycles. The van der Waals surface area contributed by atoms with Gasteiger partial charge in [-0.25, -0.2) is 4.79 Å². The van der Waals surface area contributed by atoms with E-state index in [1.807, 2.05) is 72.8 Å². The molecule has 0 aromatic heterocycles. The zero-order valence-corrected chi connectivity index (χ0v) is 14.6. The molecule has 132 valence electrons. The van der Waals surface area contributed by atoms with Crippen LogP contribution in [0, 0.1) is 0 Å². The molecule has 26 heavy (non-hydrogen) atoms. The predicted molar refractivity (Wildman–Crippen MR) is 102 cm³/mol. The monoisotopic (exact) mass is 347 g/mol. The Bertz CT molecular complexity index is 900. The molecule has 0 bridgehead atoms. The van der Waals surface area contributed by atoms with Crippen LogP contribution in [0.5, 0.6) is 0 Å². The molecule has 3 aromatic carbocycles. The van der Waals surface area contributed by atoms with Crippen LogP contribution in [0.2, 0.25) is 0 Å². The number of rotatable bonds is 6. The van der Waals surface area contributed by atoms with Crippen molar-refractivity contribution < 1.29 is 14.3 Å². The van der Waals surface area contributed by atoms with Gasteiger partial charge in [0.1, 0.15) is 6.04 Å². The summed E-state index contributed by atoms with van der Waals surface area (Å²) in [5.74, 6) is -0.647. The maximum absolute atomic E-state index is 12.4. The summed E-state index contributed by atoms with van der Waals surface area (Å²) in [7, 11) is 1.34. The van der Waals surface area contributed by atoms with Gasteiger partial charge in [-0.1, -0.05) is 72.8 Å². The second kappa shape index (κ2) is 8.30. The van der Waals surface area contributed by atoms with Crippen molar-refractivity contribution >= 4 is 22.6 Å². The van der Waals surface area contributed by atoms with Gasteiger partial charge in [0.15, 0.2) is 0 Å². The summed E-state index contributed by atoms with van der Waals surface area (Å²) in [6.07, 6.45) is 0.610. The molecule has 0 spiro atoms. The van der Waals surface area contributed by atoms with Crippen molar-refractivity contribution in [3.63, 3.8) is 0 Å². The lowest BCUT2D eigenvalue weighted by atomic mass is 9.98. The van der Waals surface area contributed by atoms with Crippen LogP contribution in [0.25, 0.3) is 10.8 Å². The normalized spacial score (nSPS) is 11.7. The van der Waals surface area contributed by atoms with Crippen molar-refractivity contribution in [1.29, 1.82) is 0 Å². The highest BCUT2D eigenvalue weighted by molar-refractivity contribution is 5.88. The van der Waals surface area contributed by atoms with Crippen molar-refractivity contribution in [2.45, 2.75) is 18.9 Å². The Labute approximate surface area is 152 Å². The number of nitrogens with one attached hydrogen (secondary N) is 1. The molecule has 0 unspecified atom stereocenters. The molecule has 0 saturated heterocycles. The molecule has 3 aromatic rings. The Hall–Kier alpha value is -3.14. The highest BCUT2D eigenvalue weighted by atomic mass is 16.5. The molecular weight excluding hydrogens is 326 g/mol. The van der Waals surface area contributed by atoms with Gasteiger partial charge in [0.05, 0.1) is 13.5 Å². The minimum atomic E-state index is -0.720. The zero-order chi connectivity index (χ0) is 18.4. The second-order valence-corrected chi connectivity index (χ2v) is 6.15. The molecule has 0 radical (unpaired) electrons. The van der Waals surface area contributed by atoms with Gasteiger partial charge >= 0.3 is 5.97 Å². The standard InChI is InChI=1S/C22H21NO3/c1-26-22(25)20(23-21(24)14-16-8-3-2-4-9-16)15-18-12-7-11-17-10-5-6-13-19(17)18/h2-13,20H,14-15H2,1H3,(H,23,24)/t20-/m1/s1. The van der Waals surface area contributed by atoms with E-state index in [9.17, 15) is 9.59 Å². The highest BCUT2D eigenvalue weighted by Crippen LogP contribution is 2.20. The summed E-state index contributed by atoms with van der Waals surface area (Å²) in [5, 5.41) is 4.99. The first-order valence-corrected chi connectivity index (χ1v) is 8.55. The predicted octanol–water partition coefficient (Wildman–Crippen LogP) is 3.28. The summed E-state index contributed by atoms with van der Waals surface area (Å²) >= 11 is 0. The molecule has 3 rings (SSSR count). The number of amides is 1. The average molecular weight is 347 g/mol. The van der Waals surface area contributed by atoms with E-state index >= 15 is 0 Å². The summed E-state index contributed by atoms with van der Waals surface area (Å²) in [5.41, 5.74) is 1.90. The van der Waals surface area contributed by atoms with Gasteiger partial charge in [0.25, 0.3) is 0 Å². The van der Waals surface area contributed by atoms with Crippen LogP contribution in [0.1, 0.15) is 11.1 Å². The van der Waals surface area contributed by atoms with Crippen molar-refractivity contribution in [3.8, 4) is 0 Å². The number of ether oxygens (including phenoxy) is 1. The molecule has 1 amide bonds. The van der Waals surface area contributed by atoms with Crippen LogP contribution in [-0.2, 0) is 27.2 Å². The summed E-state index contributed by atoms with van der Waals surface area (Å²) in [6.45, 7) is 0. The Balaban J connectivity index is 1.78. The summed E-state index contributed by atoms with van der Waals surface area (Å²) in [6, 6.07) is 22.7. The largest absolute Gasteiger partial charge is 0.467 e. The fourth-order valence-electron chi connectivity index (χ4n) is 3.05. The molecule has 0 heterocycles.